The lowest BCUT2D eigenvalue weighted by molar-refractivity contribution is 0.00729. The van der Waals surface area contributed by atoms with Crippen LogP contribution in [0.4, 0.5) is 0 Å². The van der Waals surface area contributed by atoms with E-state index in [1.807, 2.05) is 11.4 Å². The molecule has 4 rings (SSSR count). The molecule has 2 fully saturated rings. The van der Waals surface area contributed by atoms with Crippen LogP contribution in [-0.4, -0.2) is 47.2 Å². The van der Waals surface area contributed by atoms with Gasteiger partial charge in [0.25, 0.3) is 5.91 Å². The number of piperidine rings is 1. The molecule has 5 heteroatoms. The Balaban J connectivity index is 1.35. The number of carbonyl (C=O) groups excluding carboxylic acids is 1. The van der Waals surface area contributed by atoms with Crippen molar-refractivity contribution in [2.24, 2.45) is 0 Å². The normalized spacial score (nSPS) is 24.2. The zero-order chi connectivity index (χ0) is 19.5. The van der Waals surface area contributed by atoms with Gasteiger partial charge in [0, 0.05) is 30.7 Å². The SMILES string of the molecule is Cc1ccc(-c2ccsc2C(=O)NC2CCN([C@H]3CCCC[C@@H]3O)CC2)cc1. The van der Waals surface area contributed by atoms with Crippen molar-refractivity contribution in [1.29, 1.82) is 0 Å². The number of aryl methyl sites for hydroxylation is 1. The standard InChI is InChI=1S/C23H30N2O2S/c1-16-6-8-17(9-7-16)19-12-15-28-22(19)23(27)24-18-10-13-25(14-11-18)20-4-2-3-5-21(20)26/h6-9,12,15,18,20-21,26H,2-5,10-11,13-14H2,1H3,(H,24,27)/t20-,21-/m0/s1. The topological polar surface area (TPSA) is 52.6 Å². The molecule has 0 radical (unpaired) electrons. The number of benzene rings is 1. The van der Waals surface area contributed by atoms with Crippen molar-refractivity contribution < 1.29 is 9.90 Å². The summed E-state index contributed by atoms with van der Waals surface area (Å²) in [4.78, 5) is 16.2. The zero-order valence-corrected chi connectivity index (χ0v) is 17.4. The highest BCUT2D eigenvalue weighted by Crippen LogP contribution is 2.29. The van der Waals surface area contributed by atoms with Crippen LogP contribution in [0.25, 0.3) is 11.1 Å². The van der Waals surface area contributed by atoms with Crippen LogP contribution < -0.4 is 5.32 Å². The quantitative estimate of drug-likeness (QED) is 0.811. The predicted molar refractivity (Wildman–Crippen MR) is 115 cm³/mol. The predicted octanol–water partition coefficient (Wildman–Crippen LogP) is 4.22. The Morgan fingerprint density at radius 1 is 1.07 bits per heavy atom. The third kappa shape index (κ3) is 4.32. The first-order valence-corrected chi connectivity index (χ1v) is 11.4. The molecule has 0 unspecified atom stereocenters. The number of amides is 1. The molecule has 1 amide bonds. The highest BCUT2D eigenvalue weighted by Gasteiger charge is 2.32. The van der Waals surface area contributed by atoms with Crippen molar-refractivity contribution in [2.75, 3.05) is 13.1 Å². The number of rotatable bonds is 4. The van der Waals surface area contributed by atoms with E-state index in [0.717, 1.165) is 61.2 Å². The molecule has 1 saturated heterocycles. The molecule has 150 valence electrons. The molecule has 1 aromatic heterocycles. The van der Waals surface area contributed by atoms with Gasteiger partial charge in [0.15, 0.2) is 0 Å². The second-order valence-corrected chi connectivity index (χ2v) is 9.15. The maximum absolute atomic E-state index is 12.9. The fourth-order valence-corrected chi connectivity index (χ4v) is 5.41. The lowest BCUT2D eigenvalue weighted by atomic mass is 9.89. The molecule has 0 spiro atoms. The number of thiophene rings is 1. The smallest absolute Gasteiger partial charge is 0.262 e. The second kappa shape index (κ2) is 8.76. The van der Waals surface area contributed by atoms with Gasteiger partial charge in [0.05, 0.1) is 11.0 Å². The van der Waals surface area contributed by atoms with Gasteiger partial charge in [0.2, 0.25) is 0 Å². The summed E-state index contributed by atoms with van der Waals surface area (Å²) in [6.07, 6.45) is 6.14. The van der Waals surface area contributed by atoms with Crippen LogP contribution in [0, 0.1) is 6.92 Å². The Labute approximate surface area is 171 Å². The molecular weight excluding hydrogens is 368 g/mol. The first-order valence-electron chi connectivity index (χ1n) is 10.5. The molecule has 2 N–H and O–H groups in total. The summed E-state index contributed by atoms with van der Waals surface area (Å²) in [6, 6.07) is 10.9. The lowest BCUT2D eigenvalue weighted by Gasteiger charge is -2.41. The fraction of sp³-hybridized carbons (Fsp3) is 0.522. The highest BCUT2D eigenvalue weighted by atomic mass is 32.1. The molecule has 2 aliphatic rings. The maximum atomic E-state index is 12.9. The first-order chi connectivity index (χ1) is 13.6. The van der Waals surface area contributed by atoms with Gasteiger partial charge < -0.3 is 10.4 Å². The van der Waals surface area contributed by atoms with E-state index in [9.17, 15) is 9.90 Å². The largest absolute Gasteiger partial charge is 0.391 e. The number of nitrogens with one attached hydrogen (secondary N) is 1. The summed E-state index contributed by atoms with van der Waals surface area (Å²) >= 11 is 1.51. The summed E-state index contributed by atoms with van der Waals surface area (Å²) in [5.74, 6) is 0.0433. The van der Waals surface area contributed by atoms with Crippen LogP contribution in [0.5, 0.6) is 0 Å². The summed E-state index contributed by atoms with van der Waals surface area (Å²) in [6.45, 7) is 3.99. The van der Waals surface area contributed by atoms with E-state index in [0.29, 0.717) is 6.04 Å². The minimum atomic E-state index is -0.178. The first kappa shape index (κ1) is 19.6. The van der Waals surface area contributed by atoms with Gasteiger partial charge in [-0.15, -0.1) is 11.3 Å². The van der Waals surface area contributed by atoms with Crippen molar-refractivity contribution in [3.8, 4) is 11.1 Å². The van der Waals surface area contributed by atoms with Gasteiger partial charge >= 0.3 is 0 Å². The van der Waals surface area contributed by atoms with Gasteiger partial charge in [-0.05, 0) is 49.6 Å². The summed E-state index contributed by atoms with van der Waals surface area (Å²) in [5, 5.41) is 15.6. The lowest BCUT2D eigenvalue weighted by Crippen LogP contribution is -2.52. The van der Waals surface area contributed by atoms with Crippen LogP contribution in [0.3, 0.4) is 0 Å². The van der Waals surface area contributed by atoms with Gasteiger partial charge in [-0.3, -0.25) is 9.69 Å². The zero-order valence-electron chi connectivity index (χ0n) is 16.6. The van der Waals surface area contributed by atoms with Gasteiger partial charge in [-0.25, -0.2) is 0 Å². The number of likely N-dealkylation sites (tertiary alicyclic amines) is 1. The van der Waals surface area contributed by atoms with Gasteiger partial charge in [-0.1, -0.05) is 42.7 Å². The average Bonchev–Trinajstić information content (AvgIpc) is 3.20. The minimum absolute atomic E-state index is 0.0433. The van der Waals surface area contributed by atoms with Crippen molar-refractivity contribution in [3.05, 3.63) is 46.2 Å². The van der Waals surface area contributed by atoms with Crippen LogP contribution in [-0.2, 0) is 0 Å². The van der Waals surface area contributed by atoms with Crippen LogP contribution in [0.15, 0.2) is 35.7 Å². The molecule has 2 atom stereocenters. The summed E-state index contributed by atoms with van der Waals surface area (Å²) in [5.41, 5.74) is 3.34. The molecule has 1 aliphatic heterocycles. The average molecular weight is 399 g/mol. The van der Waals surface area contributed by atoms with Crippen LogP contribution >= 0.6 is 11.3 Å². The van der Waals surface area contributed by atoms with Gasteiger partial charge in [-0.2, -0.15) is 0 Å². The Morgan fingerprint density at radius 3 is 2.50 bits per heavy atom. The van der Waals surface area contributed by atoms with E-state index in [1.54, 1.807) is 0 Å². The molecule has 4 nitrogen and oxygen atoms in total. The van der Waals surface area contributed by atoms with Crippen LogP contribution in [0.2, 0.25) is 0 Å². The molecule has 1 saturated carbocycles. The van der Waals surface area contributed by atoms with E-state index in [1.165, 1.54) is 23.3 Å². The van der Waals surface area contributed by atoms with Crippen molar-refractivity contribution in [2.45, 2.75) is 63.6 Å². The summed E-state index contributed by atoms with van der Waals surface area (Å²) < 4.78 is 0. The third-order valence-electron chi connectivity index (χ3n) is 6.26. The maximum Gasteiger partial charge on any atom is 0.262 e. The Kier molecular flexibility index (Phi) is 6.14. The number of aliphatic hydroxyl groups is 1. The van der Waals surface area contributed by atoms with E-state index in [-0.39, 0.29) is 18.1 Å². The molecule has 1 aliphatic carbocycles. The number of hydrogen-bond acceptors (Lipinski definition) is 4. The molecule has 2 heterocycles. The number of hydrogen-bond donors (Lipinski definition) is 2. The van der Waals surface area contributed by atoms with E-state index >= 15 is 0 Å². The van der Waals surface area contributed by atoms with Crippen molar-refractivity contribution in [1.82, 2.24) is 10.2 Å². The van der Waals surface area contributed by atoms with E-state index in [2.05, 4.69) is 41.4 Å². The molecule has 0 bridgehead atoms. The van der Waals surface area contributed by atoms with Crippen molar-refractivity contribution >= 4 is 17.2 Å². The number of nitrogens with zero attached hydrogens (tertiary/aromatic N) is 1. The third-order valence-corrected chi connectivity index (χ3v) is 7.17. The molecule has 2 aromatic rings. The number of carbonyl (C=O) groups is 1. The number of aliphatic hydroxyl groups excluding tert-OH is 1. The van der Waals surface area contributed by atoms with Crippen molar-refractivity contribution in [3.63, 3.8) is 0 Å². The van der Waals surface area contributed by atoms with E-state index < -0.39 is 0 Å². The Morgan fingerprint density at radius 2 is 1.79 bits per heavy atom. The molecule has 1 aromatic carbocycles. The highest BCUT2D eigenvalue weighted by molar-refractivity contribution is 7.12. The monoisotopic (exact) mass is 398 g/mol. The Hall–Kier alpha value is -1.69. The molecule has 28 heavy (non-hydrogen) atoms. The van der Waals surface area contributed by atoms with E-state index in [4.69, 9.17) is 0 Å². The molecular formula is C23H30N2O2S. The fourth-order valence-electron chi connectivity index (χ4n) is 4.59. The minimum Gasteiger partial charge on any atom is -0.391 e. The Bertz CT molecular complexity index is 793. The van der Waals surface area contributed by atoms with Gasteiger partial charge in [0.1, 0.15) is 0 Å². The summed E-state index contributed by atoms with van der Waals surface area (Å²) in [7, 11) is 0. The second-order valence-electron chi connectivity index (χ2n) is 8.23. The van der Waals surface area contributed by atoms with Crippen LogP contribution in [0.1, 0.15) is 53.8 Å².